The summed E-state index contributed by atoms with van der Waals surface area (Å²) < 4.78 is 5.59. The molecule has 126 valence electrons. The second-order valence-electron chi connectivity index (χ2n) is 5.11. The smallest absolute Gasteiger partial charge is 0.339 e. The van der Waals surface area contributed by atoms with E-state index in [0.717, 1.165) is 30.8 Å². The summed E-state index contributed by atoms with van der Waals surface area (Å²) >= 11 is 5.85. The van der Waals surface area contributed by atoms with Gasteiger partial charge in [0.05, 0.1) is 12.8 Å². The van der Waals surface area contributed by atoms with E-state index in [4.69, 9.17) is 16.3 Å². The van der Waals surface area contributed by atoms with Crippen LogP contribution in [0.5, 0.6) is 5.75 Å². The number of hydrazone groups is 1. The van der Waals surface area contributed by atoms with Crippen molar-refractivity contribution < 1.29 is 9.53 Å². The first kappa shape index (κ1) is 17.8. The van der Waals surface area contributed by atoms with E-state index in [1.54, 1.807) is 30.5 Å². The summed E-state index contributed by atoms with van der Waals surface area (Å²) in [7, 11) is 0. The average Bonchev–Trinajstić information content (AvgIpc) is 2.56. The molecule has 0 aromatic heterocycles. The number of rotatable bonds is 7. The highest BCUT2D eigenvalue weighted by Crippen LogP contribution is 2.14. The van der Waals surface area contributed by atoms with E-state index in [1.807, 2.05) is 24.3 Å². The number of halogens is 1. The number of carbonyl (C=O) groups is 1. The van der Waals surface area contributed by atoms with E-state index in [0.29, 0.717) is 10.7 Å². The maximum atomic E-state index is 11.7. The first-order valence-electron chi connectivity index (χ1n) is 7.76. The monoisotopic (exact) mass is 345 g/mol. The highest BCUT2D eigenvalue weighted by Gasteiger charge is 2.00. The summed E-state index contributed by atoms with van der Waals surface area (Å²) in [5, 5.41) is 7.10. The third-order valence-electron chi connectivity index (χ3n) is 3.11. The van der Waals surface area contributed by atoms with Crippen molar-refractivity contribution in [2.75, 3.05) is 11.9 Å². The number of amides is 2. The molecule has 0 aliphatic heterocycles. The highest BCUT2D eigenvalue weighted by molar-refractivity contribution is 6.30. The van der Waals surface area contributed by atoms with Crippen LogP contribution < -0.4 is 15.5 Å². The molecule has 0 spiro atoms. The quantitative estimate of drug-likeness (QED) is 0.435. The van der Waals surface area contributed by atoms with Gasteiger partial charge in [0.25, 0.3) is 0 Å². The van der Waals surface area contributed by atoms with Gasteiger partial charge >= 0.3 is 6.03 Å². The van der Waals surface area contributed by atoms with Crippen LogP contribution in [-0.4, -0.2) is 18.9 Å². The molecule has 0 unspecified atom stereocenters. The lowest BCUT2D eigenvalue weighted by molar-refractivity contribution is 0.252. The second-order valence-corrected chi connectivity index (χ2v) is 5.54. The van der Waals surface area contributed by atoms with Gasteiger partial charge in [-0.25, -0.2) is 10.2 Å². The summed E-state index contributed by atoms with van der Waals surface area (Å²) in [5.74, 6) is 0.826. The summed E-state index contributed by atoms with van der Waals surface area (Å²) in [5.41, 5.74) is 3.86. The topological polar surface area (TPSA) is 62.7 Å². The molecular formula is C18H20ClN3O2. The predicted molar refractivity (Wildman–Crippen MR) is 98.0 cm³/mol. The van der Waals surface area contributed by atoms with Crippen LogP contribution in [0, 0.1) is 0 Å². The molecule has 2 aromatic rings. The number of anilines is 1. The van der Waals surface area contributed by atoms with Gasteiger partial charge in [-0.3, -0.25) is 0 Å². The molecule has 2 rings (SSSR count). The number of nitrogens with zero attached hydrogens (tertiary/aromatic N) is 1. The Morgan fingerprint density at radius 2 is 2.04 bits per heavy atom. The fourth-order valence-electron chi connectivity index (χ4n) is 1.88. The Morgan fingerprint density at radius 1 is 1.25 bits per heavy atom. The van der Waals surface area contributed by atoms with E-state index >= 15 is 0 Å². The lowest BCUT2D eigenvalue weighted by Gasteiger charge is -2.05. The molecule has 2 aromatic carbocycles. The van der Waals surface area contributed by atoms with Crippen LogP contribution in [-0.2, 0) is 0 Å². The van der Waals surface area contributed by atoms with Crippen molar-refractivity contribution in [3.63, 3.8) is 0 Å². The first-order valence-corrected chi connectivity index (χ1v) is 8.13. The van der Waals surface area contributed by atoms with E-state index < -0.39 is 6.03 Å². The largest absolute Gasteiger partial charge is 0.494 e. The number of ether oxygens (including phenoxy) is 1. The van der Waals surface area contributed by atoms with Gasteiger partial charge in [0, 0.05) is 10.7 Å². The van der Waals surface area contributed by atoms with Crippen LogP contribution in [0.2, 0.25) is 5.02 Å². The Hall–Kier alpha value is -2.53. The lowest BCUT2D eigenvalue weighted by atomic mass is 10.2. The molecule has 0 radical (unpaired) electrons. The van der Waals surface area contributed by atoms with E-state index in [-0.39, 0.29) is 0 Å². The van der Waals surface area contributed by atoms with Crippen molar-refractivity contribution in [2.24, 2.45) is 5.10 Å². The van der Waals surface area contributed by atoms with Crippen LogP contribution in [0.25, 0.3) is 0 Å². The van der Waals surface area contributed by atoms with Crippen molar-refractivity contribution in [2.45, 2.75) is 19.8 Å². The van der Waals surface area contributed by atoms with Gasteiger partial charge in [0.1, 0.15) is 5.75 Å². The van der Waals surface area contributed by atoms with Crippen LogP contribution in [0.15, 0.2) is 53.6 Å². The zero-order chi connectivity index (χ0) is 17.2. The molecule has 0 bridgehead atoms. The zero-order valence-electron chi connectivity index (χ0n) is 13.5. The molecule has 2 amide bonds. The van der Waals surface area contributed by atoms with Gasteiger partial charge in [0.15, 0.2) is 0 Å². The first-order chi connectivity index (χ1) is 11.7. The van der Waals surface area contributed by atoms with Crippen LogP contribution in [0.1, 0.15) is 25.3 Å². The van der Waals surface area contributed by atoms with Crippen molar-refractivity contribution in [3.8, 4) is 5.75 Å². The average molecular weight is 346 g/mol. The van der Waals surface area contributed by atoms with Crippen LogP contribution in [0.4, 0.5) is 10.5 Å². The zero-order valence-corrected chi connectivity index (χ0v) is 14.2. The number of nitrogens with one attached hydrogen (secondary N) is 2. The molecule has 0 heterocycles. The van der Waals surface area contributed by atoms with E-state index in [1.165, 1.54) is 0 Å². The molecule has 5 nitrogen and oxygen atoms in total. The Balaban J connectivity index is 1.79. The number of hydrogen-bond acceptors (Lipinski definition) is 3. The Morgan fingerprint density at radius 3 is 2.75 bits per heavy atom. The second kappa shape index (κ2) is 9.57. The minimum absolute atomic E-state index is 0.437. The normalized spacial score (nSPS) is 10.6. The standard InChI is InChI=1S/C18H20ClN3O2/c1-2-3-11-24-17-9-7-14(8-10-17)13-20-22-18(23)21-16-6-4-5-15(19)12-16/h4-10,12-13H,2-3,11H2,1H3,(H2,21,22,23)/b20-13-. The fraction of sp³-hybridized carbons (Fsp3) is 0.222. The number of benzene rings is 2. The summed E-state index contributed by atoms with van der Waals surface area (Å²) in [6.45, 7) is 2.84. The Labute approximate surface area is 146 Å². The molecule has 0 atom stereocenters. The number of hydrogen-bond donors (Lipinski definition) is 2. The van der Waals surface area contributed by atoms with Gasteiger partial charge < -0.3 is 10.1 Å². The molecule has 0 fully saturated rings. The van der Waals surface area contributed by atoms with Crippen LogP contribution >= 0.6 is 11.6 Å². The summed E-state index contributed by atoms with van der Waals surface area (Å²) in [4.78, 5) is 11.7. The lowest BCUT2D eigenvalue weighted by Crippen LogP contribution is -2.24. The number of carbonyl (C=O) groups excluding carboxylic acids is 1. The molecule has 0 saturated heterocycles. The van der Waals surface area contributed by atoms with Gasteiger partial charge in [-0.05, 0) is 54.4 Å². The fourth-order valence-corrected chi connectivity index (χ4v) is 2.07. The van der Waals surface area contributed by atoms with Gasteiger partial charge in [0.2, 0.25) is 0 Å². The number of urea groups is 1. The molecule has 24 heavy (non-hydrogen) atoms. The van der Waals surface area contributed by atoms with E-state index in [9.17, 15) is 4.79 Å². The minimum atomic E-state index is -0.437. The van der Waals surface area contributed by atoms with Crippen molar-refractivity contribution >= 4 is 29.5 Å². The minimum Gasteiger partial charge on any atom is -0.494 e. The van der Waals surface area contributed by atoms with Gasteiger partial charge in [-0.2, -0.15) is 5.10 Å². The van der Waals surface area contributed by atoms with Gasteiger partial charge in [-0.15, -0.1) is 0 Å². The molecule has 2 N–H and O–H groups in total. The number of unbranched alkanes of at least 4 members (excludes halogenated alkanes) is 1. The Kier molecular flexibility index (Phi) is 7.11. The van der Waals surface area contributed by atoms with Crippen LogP contribution in [0.3, 0.4) is 0 Å². The van der Waals surface area contributed by atoms with Crippen molar-refractivity contribution in [1.29, 1.82) is 0 Å². The SMILES string of the molecule is CCCCOc1ccc(/C=N\NC(=O)Nc2cccc(Cl)c2)cc1. The summed E-state index contributed by atoms with van der Waals surface area (Å²) in [6.07, 6.45) is 3.70. The maximum absolute atomic E-state index is 11.7. The third kappa shape index (κ3) is 6.30. The van der Waals surface area contributed by atoms with Gasteiger partial charge in [-0.1, -0.05) is 31.0 Å². The molecule has 0 aliphatic rings. The van der Waals surface area contributed by atoms with E-state index in [2.05, 4.69) is 22.8 Å². The molecule has 6 heteroatoms. The maximum Gasteiger partial charge on any atom is 0.339 e. The van der Waals surface area contributed by atoms with Crippen molar-refractivity contribution in [1.82, 2.24) is 5.43 Å². The van der Waals surface area contributed by atoms with Crippen molar-refractivity contribution in [3.05, 3.63) is 59.1 Å². The summed E-state index contributed by atoms with van der Waals surface area (Å²) in [6, 6.07) is 14.0. The third-order valence-corrected chi connectivity index (χ3v) is 3.34. The predicted octanol–water partition coefficient (Wildman–Crippen LogP) is 4.67. The molecule has 0 saturated carbocycles. The molecular weight excluding hydrogens is 326 g/mol. The molecule has 0 aliphatic carbocycles. The highest BCUT2D eigenvalue weighted by atomic mass is 35.5. The Bertz CT molecular complexity index is 687.